The summed E-state index contributed by atoms with van der Waals surface area (Å²) in [6, 6.07) is 8.80. The second-order valence-electron chi connectivity index (χ2n) is 5.26. The highest BCUT2D eigenvalue weighted by Crippen LogP contribution is 2.22. The van der Waals surface area contributed by atoms with Crippen molar-refractivity contribution in [2.45, 2.75) is 25.4 Å². The van der Waals surface area contributed by atoms with Gasteiger partial charge in [-0.3, -0.25) is 0 Å². The molecule has 0 saturated carbocycles. The van der Waals surface area contributed by atoms with Gasteiger partial charge in [0.25, 0.3) is 0 Å². The van der Waals surface area contributed by atoms with Gasteiger partial charge in [0.1, 0.15) is 5.76 Å². The van der Waals surface area contributed by atoms with Crippen molar-refractivity contribution in [2.24, 2.45) is 0 Å². The minimum absolute atomic E-state index is 0.467. The maximum absolute atomic E-state index is 9.55. The monoisotopic (exact) mass is 332 g/mol. The van der Waals surface area contributed by atoms with Gasteiger partial charge < -0.3 is 24.5 Å². The summed E-state index contributed by atoms with van der Waals surface area (Å²) in [5.74, 6) is -1.44. The summed E-state index contributed by atoms with van der Waals surface area (Å²) in [5.41, 5.74) is 1.40. The number of nitrogens with zero attached hydrogens (tertiary/aromatic N) is 1. The third kappa shape index (κ3) is 5.44. The Morgan fingerprint density at radius 2 is 2.00 bits per heavy atom. The topological polar surface area (TPSA) is 105 Å². The van der Waals surface area contributed by atoms with Gasteiger partial charge in [-0.05, 0) is 30.7 Å². The van der Waals surface area contributed by atoms with Crippen LogP contribution in [-0.2, 0) is 22.6 Å². The second-order valence-corrected chi connectivity index (χ2v) is 5.26. The van der Waals surface area contributed by atoms with Gasteiger partial charge in [-0.2, -0.15) is 0 Å². The van der Waals surface area contributed by atoms with E-state index in [-0.39, 0.29) is 0 Å². The Hall–Kier alpha value is -2.80. The number of carboxylic acids is 2. The summed E-state index contributed by atoms with van der Waals surface area (Å²) in [4.78, 5) is 19.1. The van der Waals surface area contributed by atoms with Crippen molar-refractivity contribution in [2.75, 3.05) is 6.54 Å². The Balaban J connectivity index is 0.000000224. The molecule has 0 bridgehead atoms. The Morgan fingerprint density at radius 1 is 1.25 bits per heavy atom. The first-order valence-corrected chi connectivity index (χ1v) is 7.61. The maximum Gasteiger partial charge on any atom is 0.328 e. The molecule has 0 amide bonds. The van der Waals surface area contributed by atoms with Crippen LogP contribution < -0.4 is 5.32 Å². The zero-order chi connectivity index (χ0) is 17.4. The number of fused-ring (bicyclic) bond motifs is 1. The molecule has 128 valence electrons. The molecule has 7 nitrogen and oxygen atoms in total. The minimum atomic E-state index is -1.26. The number of hydrogen-bond donors (Lipinski definition) is 3. The highest BCUT2D eigenvalue weighted by atomic mass is 16.4. The van der Waals surface area contributed by atoms with E-state index in [1.165, 1.54) is 5.69 Å². The van der Waals surface area contributed by atoms with Gasteiger partial charge in [0.2, 0.25) is 0 Å². The number of aryl methyl sites for hydroxylation is 1. The van der Waals surface area contributed by atoms with Crippen molar-refractivity contribution in [3.8, 4) is 0 Å². The third-order valence-corrected chi connectivity index (χ3v) is 3.59. The molecule has 0 fully saturated rings. The minimum Gasteiger partial charge on any atom is -0.478 e. The van der Waals surface area contributed by atoms with E-state index in [0.29, 0.717) is 18.2 Å². The number of carbonyl (C=O) groups is 2. The molecule has 1 unspecified atom stereocenters. The Bertz CT molecular complexity index is 672. The van der Waals surface area contributed by atoms with Crippen LogP contribution in [0.1, 0.15) is 23.9 Å². The van der Waals surface area contributed by atoms with Gasteiger partial charge in [-0.1, -0.05) is 0 Å². The Labute approximate surface area is 139 Å². The molecule has 3 rings (SSSR count). The van der Waals surface area contributed by atoms with Crippen molar-refractivity contribution in [3.05, 3.63) is 60.3 Å². The van der Waals surface area contributed by atoms with Crippen LogP contribution in [0.15, 0.2) is 53.3 Å². The lowest BCUT2D eigenvalue weighted by molar-refractivity contribution is -0.134. The van der Waals surface area contributed by atoms with Crippen LogP contribution in [0.25, 0.3) is 0 Å². The molecular weight excluding hydrogens is 312 g/mol. The first-order valence-electron chi connectivity index (χ1n) is 7.61. The van der Waals surface area contributed by atoms with E-state index in [9.17, 15) is 9.59 Å². The molecule has 3 N–H and O–H groups in total. The van der Waals surface area contributed by atoms with E-state index in [0.717, 1.165) is 31.7 Å². The van der Waals surface area contributed by atoms with E-state index >= 15 is 0 Å². The molecule has 3 heterocycles. The molecule has 0 aliphatic carbocycles. The summed E-state index contributed by atoms with van der Waals surface area (Å²) in [6.45, 7) is 2.14. The molecular formula is C17H20N2O5. The van der Waals surface area contributed by atoms with Crippen LogP contribution in [0, 0.1) is 0 Å². The van der Waals surface area contributed by atoms with Gasteiger partial charge in [0.05, 0.1) is 6.26 Å². The van der Waals surface area contributed by atoms with Gasteiger partial charge in [0.15, 0.2) is 0 Å². The SMILES string of the molecule is O=C(O)/C=C\C(=O)O.c1coc(CCC2NCCn3cccc32)c1. The molecule has 0 aromatic carbocycles. The van der Waals surface area contributed by atoms with E-state index in [1.807, 2.05) is 12.1 Å². The lowest BCUT2D eigenvalue weighted by Crippen LogP contribution is -2.33. The zero-order valence-electron chi connectivity index (χ0n) is 13.1. The predicted molar refractivity (Wildman–Crippen MR) is 86.6 cm³/mol. The zero-order valence-corrected chi connectivity index (χ0v) is 13.1. The van der Waals surface area contributed by atoms with Crippen molar-refractivity contribution >= 4 is 11.9 Å². The standard InChI is InChI=1S/C13H16N2O.C4H4O4/c1-4-13-12(14-7-9-15(13)8-1)6-5-11-3-2-10-16-11;5-3(6)1-2-4(7)8/h1-4,8,10,12,14H,5-7,9H2;1-2H,(H,5,6)(H,7,8)/b;2-1-. The lowest BCUT2D eigenvalue weighted by atomic mass is 10.1. The van der Waals surface area contributed by atoms with Gasteiger partial charge in [0, 0.05) is 49.6 Å². The van der Waals surface area contributed by atoms with E-state index < -0.39 is 11.9 Å². The normalized spacial score (nSPS) is 16.2. The molecule has 2 aromatic rings. The van der Waals surface area contributed by atoms with Gasteiger partial charge >= 0.3 is 11.9 Å². The summed E-state index contributed by atoms with van der Waals surface area (Å²) in [6.07, 6.45) is 7.11. The van der Waals surface area contributed by atoms with Crippen LogP contribution >= 0.6 is 0 Å². The second kappa shape index (κ2) is 8.73. The molecule has 1 aliphatic heterocycles. The molecule has 1 atom stereocenters. The Morgan fingerprint density at radius 3 is 2.62 bits per heavy atom. The fourth-order valence-electron chi connectivity index (χ4n) is 2.55. The van der Waals surface area contributed by atoms with Crippen molar-refractivity contribution in [3.63, 3.8) is 0 Å². The van der Waals surface area contributed by atoms with Crippen molar-refractivity contribution in [1.82, 2.24) is 9.88 Å². The number of aliphatic carboxylic acids is 2. The highest BCUT2D eigenvalue weighted by molar-refractivity contribution is 5.89. The van der Waals surface area contributed by atoms with Crippen LogP contribution in [0.5, 0.6) is 0 Å². The van der Waals surface area contributed by atoms with E-state index in [2.05, 4.69) is 28.2 Å². The largest absolute Gasteiger partial charge is 0.478 e. The fourth-order valence-corrected chi connectivity index (χ4v) is 2.55. The van der Waals surface area contributed by atoms with E-state index in [4.69, 9.17) is 14.6 Å². The molecule has 0 spiro atoms. The molecule has 0 radical (unpaired) electrons. The quantitative estimate of drug-likeness (QED) is 0.724. The maximum atomic E-state index is 9.55. The first-order chi connectivity index (χ1) is 11.6. The summed E-state index contributed by atoms with van der Waals surface area (Å²) in [7, 11) is 0. The number of nitrogens with one attached hydrogen (secondary N) is 1. The lowest BCUT2D eigenvalue weighted by Gasteiger charge is -2.26. The van der Waals surface area contributed by atoms with Gasteiger partial charge in [-0.15, -0.1) is 0 Å². The molecule has 24 heavy (non-hydrogen) atoms. The van der Waals surface area contributed by atoms with Gasteiger partial charge in [-0.25, -0.2) is 9.59 Å². The summed E-state index contributed by atoms with van der Waals surface area (Å²) in [5, 5.41) is 19.2. The van der Waals surface area contributed by atoms with Crippen molar-refractivity contribution in [1.29, 1.82) is 0 Å². The number of carboxylic acid groups (broad SMARTS) is 2. The molecule has 7 heteroatoms. The van der Waals surface area contributed by atoms with Crippen LogP contribution in [0.4, 0.5) is 0 Å². The highest BCUT2D eigenvalue weighted by Gasteiger charge is 2.18. The molecule has 1 aliphatic rings. The number of rotatable bonds is 5. The molecule has 2 aromatic heterocycles. The summed E-state index contributed by atoms with van der Waals surface area (Å²) >= 11 is 0. The summed E-state index contributed by atoms with van der Waals surface area (Å²) < 4.78 is 7.70. The molecule has 0 saturated heterocycles. The average molecular weight is 332 g/mol. The van der Waals surface area contributed by atoms with Crippen molar-refractivity contribution < 1.29 is 24.2 Å². The fraction of sp³-hybridized carbons (Fsp3) is 0.294. The third-order valence-electron chi connectivity index (χ3n) is 3.59. The first kappa shape index (κ1) is 17.6. The predicted octanol–water partition coefficient (Wildman–Crippen LogP) is 2.07. The van der Waals surface area contributed by atoms with Crippen LogP contribution in [-0.4, -0.2) is 33.3 Å². The van der Waals surface area contributed by atoms with E-state index in [1.54, 1.807) is 6.26 Å². The number of hydrogen-bond acceptors (Lipinski definition) is 4. The van der Waals surface area contributed by atoms with Crippen LogP contribution in [0.3, 0.4) is 0 Å². The number of furan rings is 1. The average Bonchev–Trinajstić information content (AvgIpc) is 3.22. The van der Waals surface area contributed by atoms with Crippen LogP contribution in [0.2, 0.25) is 0 Å². The number of aromatic nitrogens is 1. The smallest absolute Gasteiger partial charge is 0.328 e. The Kier molecular flexibility index (Phi) is 6.39.